The van der Waals surface area contributed by atoms with Crippen LogP contribution >= 0.6 is 27.3 Å². The summed E-state index contributed by atoms with van der Waals surface area (Å²) in [4.78, 5) is 4.55. The summed E-state index contributed by atoms with van der Waals surface area (Å²) >= 11 is 5.01. The third-order valence-corrected chi connectivity index (χ3v) is 4.73. The molecule has 0 radical (unpaired) electrons. The largest absolute Gasteiger partial charge is 0.586 e. The molecule has 0 bridgehead atoms. The molecule has 0 aliphatic carbocycles. The summed E-state index contributed by atoms with van der Waals surface area (Å²) in [6.07, 6.45) is -3.03. The van der Waals surface area contributed by atoms with E-state index in [-0.39, 0.29) is 11.5 Å². The van der Waals surface area contributed by atoms with Crippen molar-refractivity contribution < 1.29 is 18.3 Å². The van der Waals surface area contributed by atoms with Crippen LogP contribution in [0.4, 0.5) is 8.78 Å². The van der Waals surface area contributed by atoms with E-state index in [1.165, 1.54) is 6.07 Å². The van der Waals surface area contributed by atoms with Crippen molar-refractivity contribution in [1.82, 2.24) is 4.98 Å². The lowest BCUT2D eigenvalue weighted by atomic mass is 10.1. The van der Waals surface area contributed by atoms with Crippen LogP contribution in [0.3, 0.4) is 0 Å². The number of benzene rings is 2. The lowest BCUT2D eigenvalue weighted by molar-refractivity contribution is -0.286. The van der Waals surface area contributed by atoms with Crippen molar-refractivity contribution in [2.75, 3.05) is 0 Å². The monoisotopic (exact) mass is 383 g/mol. The Kier molecular flexibility index (Phi) is 3.09. The van der Waals surface area contributed by atoms with Crippen molar-refractivity contribution in [3.8, 4) is 11.5 Å². The predicted molar refractivity (Wildman–Crippen MR) is 82.8 cm³/mol. The first-order chi connectivity index (χ1) is 10.5. The normalized spacial score (nSPS) is 15.4. The Morgan fingerprint density at radius 3 is 2.77 bits per heavy atom. The number of alkyl halides is 2. The predicted octanol–water partition coefficient (Wildman–Crippen LogP) is 4.97. The number of rotatable bonds is 2. The van der Waals surface area contributed by atoms with Gasteiger partial charge in [-0.3, -0.25) is 0 Å². The second-order valence-corrected chi connectivity index (χ2v) is 6.88. The van der Waals surface area contributed by atoms with Crippen LogP contribution in [0.2, 0.25) is 0 Å². The van der Waals surface area contributed by atoms with Gasteiger partial charge in [-0.25, -0.2) is 4.98 Å². The van der Waals surface area contributed by atoms with Crippen molar-refractivity contribution in [3.63, 3.8) is 0 Å². The van der Waals surface area contributed by atoms with Gasteiger partial charge in [-0.1, -0.05) is 22.0 Å². The van der Waals surface area contributed by atoms with Gasteiger partial charge in [0, 0.05) is 10.9 Å². The topological polar surface area (TPSA) is 31.4 Å². The fourth-order valence-corrected chi connectivity index (χ4v) is 3.85. The molecule has 0 atom stereocenters. The van der Waals surface area contributed by atoms with Crippen LogP contribution < -0.4 is 9.47 Å². The van der Waals surface area contributed by atoms with E-state index in [2.05, 4.69) is 30.4 Å². The van der Waals surface area contributed by atoms with Crippen molar-refractivity contribution in [3.05, 3.63) is 51.4 Å². The lowest BCUT2D eigenvalue weighted by Gasteiger charge is -2.04. The van der Waals surface area contributed by atoms with Gasteiger partial charge >= 0.3 is 6.29 Å². The zero-order valence-electron chi connectivity index (χ0n) is 11.0. The molecule has 7 heteroatoms. The van der Waals surface area contributed by atoms with Crippen molar-refractivity contribution >= 4 is 37.5 Å². The highest BCUT2D eigenvalue weighted by Gasteiger charge is 2.43. The van der Waals surface area contributed by atoms with E-state index < -0.39 is 6.29 Å². The van der Waals surface area contributed by atoms with Crippen molar-refractivity contribution in [2.45, 2.75) is 12.7 Å². The van der Waals surface area contributed by atoms with E-state index in [0.29, 0.717) is 6.42 Å². The third kappa shape index (κ3) is 2.55. The van der Waals surface area contributed by atoms with Gasteiger partial charge in [0.15, 0.2) is 11.5 Å². The maximum atomic E-state index is 13.0. The zero-order valence-corrected chi connectivity index (χ0v) is 13.4. The van der Waals surface area contributed by atoms with Gasteiger partial charge < -0.3 is 9.47 Å². The molecule has 0 fully saturated rings. The molecule has 112 valence electrons. The highest BCUT2D eigenvalue weighted by atomic mass is 79.9. The van der Waals surface area contributed by atoms with Crippen LogP contribution in [0.25, 0.3) is 10.2 Å². The Morgan fingerprint density at radius 1 is 1.09 bits per heavy atom. The Balaban J connectivity index is 1.63. The summed E-state index contributed by atoms with van der Waals surface area (Å²) in [7, 11) is 0. The molecule has 1 aliphatic rings. The van der Waals surface area contributed by atoms with Crippen LogP contribution in [-0.4, -0.2) is 11.3 Å². The van der Waals surface area contributed by atoms with Gasteiger partial charge in [-0.05, 0) is 35.9 Å². The lowest BCUT2D eigenvalue weighted by Crippen LogP contribution is -2.25. The second-order valence-electron chi connectivity index (χ2n) is 4.85. The zero-order chi connectivity index (χ0) is 15.3. The van der Waals surface area contributed by atoms with Crippen LogP contribution in [0, 0.1) is 0 Å². The molecule has 2 aromatic carbocycles. The standard InChI is InChI=1S/C15H8BrF2NO2S/c16-9-2-3-10-13(7-9)22-14(19-10)6-8-1-4-11-12(5-8)21-15(17,18)20-11/h1-5,7H,6H2. The number of nitrogens with zero attached hydrogens (tertiary/aromatic N) is 1. The first-order valence-corrected chi connectivity index (χ1v) is 8.03. The highest BCUT2D eigenvalue weighted by Crippen LogP contribution is 2.41. The van der Waals surface area contributed by atoms with Crippen LogP contribution in [0.1, 0.15) is 10.6 Å². The van der Waals surface area contributed by atoms with E-state index in [4.69, 9.17) is 0 Å². The van der Waals surface area contributed by atoms with Gasteiger partial charge in [-0.2, -0.15) is 0 Å². The minimum Gasteiger partial charge on any atom is -0.395 e. The fourth-order valence-electron chi connectivity index (χ4n) is 2.30. The maximum absolute atomic E-state index is 13.0. The molecule has 2 heterocycles. The Hall–Kier alpha value is -1.73. The van der Waals surface area contributed by atoms with E-state index >= 15 is 0 Å². The van der Waals surface area contributed by atoms with Gasteiger partial charge in [0.25, 0.3) is 0 Å². The fraction of sp³-hybridized carbons (Fsp3) is 0.133. The van der Waals surface area contributed by atoms with Crippen LogP contribution in [0.5, 0.6) is 11.5 Å². The van der Waals surface area contributed by atoms with Crippen LogP contribution in [-0.2, 0) is 6.42 Å². The number of fused-ring (bicyclic) bond motifs is 2. The van der Waals surface area contributed by atoms with E-state index in [1.807, 2.05) is 18.2 Å². The molecular weight excluding hydrogens is 376 g/mol. The number of thiazole rings is 1. The molecule has 0 saturated heterocycles. The maximum Gasteiger partial charge on any atom is 0.586 e. The number of aromatic nitrogens is 1. The quantitative estimate of drug-likeness (QED) is 0.625. The molecule has 0 saturated carbocycles. The SMILES string of the molecule is FC1(F)Oc2ccc(Cc3nc4ccc(Br)cc4s3)cc2O1. The van der Waals surface area contributed by atoms with Gasteiger partial charge in [0.2, 0.25) is 0 Å². The Morgan fingerprint density at radius 2 is 1.91 bits per heavy atom. The summed E-state index contributed by atoms with van der Waals surface area (Å²) < 4.78 is 37.0. The molecule has 0 unspecified atom stereocenters. The van der Waals surface area contributed by atoms with Gasteiger partial charge in [-0.15, -0.1) is 20.1 Å². The molecular formula is C15H8BrF2NO2S. The number of halogens is 3. The Labute approximate surface area is 136 Å². The average molecular weight is 384 g/mol. The number of ether oxygens (including phenoxy) is 2. The van der Waals surface area contributed by atoms with Gasteiger partial charge in [0.05, 0.1) is 15.2 Å². The Bertz CT molecular complexity index is 881. The molecule has 0 amide bonds. The first-order valence-electron chi connectivity index (χ1n) is 6.42. The van der Waals surface area contributed by atoms with E-state index in [9.17, 15) is 8.78 Å². The summed E-state index contributed by atoms with van der Waals surface area (Å²) in [6.45, 7) is 0. The van der Waals surface area contributed by atoms with Gasteiger partial charge in [0.1, 0.15) is 0 Å². The molecule has 0 spiro atoms. The molecule has 3 nitrogen and oxygen atoms in total. The number of hydrogen-bond donors (Lipinski definition) is 0. The highest BCUT2D eigenvalue weighted by molar-refractivity contribution is 9.10. The minimum atomic E-state index is -3.58. The van der Waals surface area contributed by atoms with Crippen molar-refractivity contribution in [2.24, 2.45) is 0 Å². The molecule has 1 aromatic heterocycles. The summed E-state index contributed by atoms with van der Waals surface area (Å²) in [5.41, 5.74) is 1.77. The molecule has 1 aliphatic heterocycles. The third-order valence-electron chi connectivity index (χ3n) is 3.22. The minimum absolute atomic E-state index is 0.0574. The summed E-state index contributed by atoms with van der Waals surface area (Å²) in [5, 5.41) is 0.915. The molecule has 0 N–H and O–H groups in total. The summed E-state index contributed by atoms with van der Waals surface area (Å²) in [6, 6.07) is 10.7. The first kappa shape index (κ1) is 13.9. The number of hydrogen-bond acceptors (Lipinski definition) is 4. The van der Waals surface area contributed by atoms with E-state index in [1.54, 1.807) is 23.5 Å². The van der Waals surface area contributed by atoms with E-state index in [0.717, 1.165) is 25.3 Å². The second kappa shape index (κ2) is 4.89. The van der Waals surface area contributed by atoms with Crippen molar-refractivity contribution in [1.29, 1.82) is 0 Å². The summed E-state index contributed by atoms with van der Waals surface area (Å²) in [5.74, 6) is 0.119. The molecule has 4 rings (SSSR count). The average Bonchev–Trinajstić information content (AvgIpc) is 2.96. The van der Waals surface area contributed by atoms with Crippen LogP contribution in [0.15, 0.2) is 40.9 Å². The molecule has 22 heavy (non-hydrogen) atoms. The smallest absolute Gasteiger partial charge is 0.395 e. The molecule has 3 aromatic rings.